The predicted molar refractivity (Wildman–Crippen MR) is 97.6 cm³/mol. The molecule has 0 spiro atoms. The van der Waals surface area contributed by atoms with Crippen molar-refractivity contribution in [2.45, 2.75) is 26.7 Å². The van der Waals surface area contributed by atoms with Crippen molar-refractivity contribution >= 4 is 23.2 Å². The van der Waals surface area contributed by atoms with E-state index in [-0.39, 0.29) is 5.92 Å². The highest BCUT2D eigenvalue weighted by atomic mass is 35.5. The molecule has 0 unspecified atom stereocenters. The van der Waals surface area contributed by atoms with Crippen LogP contribution in [0.15, 0.2) is 12.4 Å². The minimum absolute atomic E-state index is 0.162. The molecule has 2 saturated heterocycles. The maximum Gasteiger partial charge on any atom is 0.225 e. The molecule has 0 aromatic carbocycles. The van der Waals surface area contributed by atoms with E-state index in [1.165, 1.54) is 0 Å². The lowest BCUT2D eigenvalue weighted by Crippen LogP contribution is -2.51. The highest BCUT2D eigenvalue weighted by molar-refractivity contribution is 6.33. The molecule has 1 aromatic heterocycles. The van der Waals surface area contributed by atoms with Gasteiger partial charge in [-0.3, -0.25) is 9.78 Å². The standard InChI is InChI=1S/C18H27ClN4O/c1-3-21-8-10-23(11-9-21)18(24)15-4-6-22(7-5-15)17-14(2)12-20-13-16(17)19/h12-13,15H,3-11H2,1-2H3. The summed E-state index contributed by atoms with van der Waals surface area (Å²) in [5.74, 6) is 0.512. The average molecular weight is 351 g/mol. The van der Waals surface area contributed by atoms with Crippen LogP contribution < -0.4 is 4.90 Å². The van der Waals surface area contributed by atoms with Gasteiger partial charge in [0.2, 0.25) is 5.91 Å². The summed E-state index contributed by atoms with van der Waals surface area (Å²) in [4.78, 5) is 23.7. The van der Waals surface area contributed by atoms with Gasteiger partial charge < -0.3 is 14.7 Å². The molecule has 3 heterocycles. The summed E-state index contributed by atoms with van der Waals surface area (Å²) in [7, 11) is 0. The first-order valence-electron chi connectivity index (χ1n) is 8.96. The highest BCUT2D eigenvalue weighted by Gasteiger charge is 2.31. The molecular formula is C18H27ClN4O. The Morgan fingerprint density at radius 2 is 1.83 bits per heavy atom. The quantitative estimate of drug-likeness (QED) is 0.839. The lowest BCUT2D eigenvalue weighted by molar-refractivity contribution is -0.137. The van der Waals surface area contributed by atoms with Crippen molar-refractivity contribution in [3.05, 3.63) is 23.0 Å². The summed E-state index contributed by atoms with van der Waals surface area (Å²) >= 11 is 6.33. The molecule has 24 heavy (non-hydrogen) atoms. The van der Waals surface area contributed by atoms with Gasteiger partial charge in [0, 0.05) is 57.6 Å². The summed E-state index contributed by atoms with van der Waals surface area (Å²) in [6, 6.07) is 0. The molecule has 0 N–H and O–H groups in total. The number of carbonyl (C=O) groups excluding carboxylic acids is 1. The third-order valence-electron chi connectivity index (χ3n) is 5.35. The molecule has 1 aromatic rings. The van der Waals surface area contributed by atoms with Crippen LogP contribution in [-0.2, 0) is 4.79 Å². The Labute approximate surface area is 149 Å². The summed E-state index contributed by atoms with van der Waals surface area (Å²) in [5, 5.41) is 0.704. The van der Waals surface area contributed by atoms with Crippen molar-refractivity contribution in [2.75, 3.05) is 50.7 Å². The van der Waals surface area contributed by atoms with Crippen LogP contribution in [0.25, 0.3) is 0 Å². The van der Waals surface area contributed by atoms with Gasteiger partial charge in [-0.25, -0.2) is 0 Å². The van der Waals surface area contributed by atoms with E-state index in [9.17, 15) is 4.79 Å². The molecule has 2 aliphatic heterocycles. The Morgan fingerprint density at radius 1 is 1.17 bits per heavy atom. The number of aromatic nitrogens is 1. The number of piperazine rings is 1. The summed E-state index contributed by atoms with van der Waals surface area (Å²) < 4.78 is 0. The van der Waals surface area contributed by atoms with Crippen LogP contribution in [0, 0.1) is 12.8 Å². The SMILES string of the molecule is CCN1CCN(C(=O)C2CCN(c3c(C)cncc3Cl)CC2)CC1. The molecule has 0 bridgehead atoms. The Balaban J connectivity index is 1.56. The molecule has 0 radical (unpaired) electrons. The lowest BCUT2D eigenvalue weighted by atomic mass is 9.94. The number of pyridine rings is 1. The van der Waals surface area contributed by atoms with Crippen LogP contribution in [0.5, 0.6) is 0 Å². The van der Waals surface area contributed by atoms with Crippen molar-refractivity contribution in [3.63, 3.8) is 0 Å². The Hall–Kier alpha value is -1.33. The molecule has 1 amide bonds. The van der Waals surface area contributed by atoms with E-state index in [0.29, 0.717) is 10.9 Å². The number of rotatable bonds is 3. The van der Waals surface area contributed by atoms with Gasteiger partial charge in [0.1, 0.15) is 0 Å². The number of aryl methyl sites for hydroxylation is 1. The third kappa shape index (κ3) is 3.67. The summed E-state index contributed by atoms with van der Waals surface area (Å²) in [6.07, 6.45) is 5.37. The van der Waals surface area contributed by atoms with Gasteiger partial charge >= 0.3 is 0 Å². The van der Waals surface area contributed by atoms with Crippen LogP contribution in [0.1, 0.15) is 25.3 Å². The fourth-order valence-corrected chi connectivity index (χ4v) is 4.14. The second kappa shape index (κ2) is 7.70. The number of halogens is 1. The van der Waals surface area contributed by atoms with Crippen molar-refractivity contribution in [3.8, 4) is 0 Å². The van der Waals surface area contributed by atoms with E-state index in [0.717, 1.165) is 69.9 Å². The molecule has 0 atom stereocenters. The van der Waals surface area contributed by atoms with Crippen LogP contribution in [-0.4, -0.2) is 66.5 Å². The van der Waals surface area contributed by atoms with Crippen molar-refractivity contribution in [2.24, 2.45) is 5.92 Å². The topological polar surface area (TPSA) is 39.7 Å². The van der Waals surface area contributed by atoms with Gasteiger partial charge in [-0.05, 0) is 31.9 Å². The molecule has 5 nitrogen and oxygen atoms in total. The Morgan fingerprint density at radius 3 is 2.42 bits per heavy atom. The Bertz CT molecular complexity index is 558. The average Bonchev–Trinajstić information content (AvgIpc) is 2.62. The molecular weight excluding hydrogens is 324 g/mol. The largest absolute Gasteiger partial charge is 0.370 e. The van der Waals surface area contributed by atoms with Gasteiger partial charge in [-0.2, -0.15) is 0 Å². The van der Waals surface area contributed by atoms with Crippen LogP contribution in [0.2, 0.25) is 5.02 Å². The van der Waals surface area contributed by atoms with E-state index >= 15 is 0 Å². The lowest BCUT2D eigenvalue weighted by Gasteiger charge is -2.39. The van der Waals surface area contributed by atoms with Crippen LogP contribution >= 0.6 is 11.6 Å². The van der Waals surface area contributed by atoms with Crippen LogP contribution in [0.4, 0.5) is 5.69 Å². The van der Waals surface area contributed by atoms with E-state index in [2.05, 4.69) is 26.6 Å². The second-order valence-electron chi connectivity index (χ2n) is 6.81. The van der Waals surface area contributed by atoms with E-state index in [1.807, 2.05) is 13.1 Å². The molecule has 2 aliphatic rings. The molecule has 132 valence electrons. The fourth-order valence-electron chi connectivity index (χ4n) is 3.82. The van der Waals surface area contributed by atoms with Gasteiger partial charge in [-0.1, -0.05) is 18.5 Å². The first kappa shape index (κ1) is 17.5. The molecule has 0 saturated carbocycles. The molecule has 6 heteroatoms. The minimum Gasteiger partial charge on any atom is -0.370 e. The maximum absolute atomic E-state index is 12.8. The smallest absolute Gasteiger partial charge is 0.225 e. The van der Waals surface area contributed by atoms with E-state index in [1.54, 1.807) is 6.20 Å². The van der Waals surface area contributed by atoms with Gasteiger partial charge in [0.05, 0.1) is 10.7 Å². The van der Waals surface area contributed by atoms with Gasteiger partial charge in [0.25, 0.3) is 0 Å². The molecule has 2 fully saturated rings. The normalized spacial score (nSPS) is 20.5. The van der Waals surface area contributed by atoms with E-state index in [4.69, 9.17) is 11.6 Å². The number of likely N-dealkylation sites (N-methyl/N-ethyl adjacent to an activating group) is 1. The number of amides is 1. The number of anilines is 1. The maximum atomic E-state index is 12.8. The Kier molecular flexibility index (Phi) is 5.61. The summed E-state index contributed by atoms with van der Waals surface area (Å²) in [6.45, 7) is 10.8. The first-order chi connectivity index (χ1) is 11.6. The zero-order valence-electron chi connectivity index (χ0n) is 14.7. The fraction of sp³-hybridized carbons (Fsp3) is 0.667. The third-order valence-corrected chi connectivity index (χ3v) is 5.62. The van der Waals surface area contributed by atoms with Crippen molar-refractivity contribution < 1.29 is 4.79 Å². The second-order valence-corrected chi connectivity index (χ2v) is 7.21. The van der Waals surface area contributed by atoms with Gasteiger partial charge in [0.15, 0.2) is 0 Å². The predicted octanol–water partition coefficient (Wildman–Crippen LogP) is 2.42. The molecule has 0 aliphatic carbocycles. The number of hydrogen-bond donors (Lipinski definition) is 0. The monoisotopic (exact) mass is 350 g/mol. The number of hydrogen-bond acceptors (Lipinski definition) is 4. The minimum atomic E-state index is 0.162. The van der Waals surface area contributed by atoms with Crippen LogP contribution in [0.3, 0.4) is 0 Å². The summed E-state index contributed by atoms with van der Waals surface area (Å²) in [5.41, 5.74) is 2.18. The van der Waals surface area contributed by atoms with Crippen molar-refractivity contribution in [1.29, 1.82) is 0 Å². The van der Waals surface area contributed by atoms with Gasteiger partial charge in [-0.15, -0.1) is 0 Å². The number of piperidine rings is 1. The molecule has 3 rings (SSSR count). The first-order valence-corrected chi connectivity index (χ1v) is 9.34. The van der Waals surface area contributed by atoms with Crippen molar-refractivity contribution in [1.82, 2.24) is 14.8 Å². The highest BCUT2D eigenvalue weighted by Crippen LogP contribution is 2.32. The zero-order chi connectivity index (χ0) is 17.1. The number of nitrogens with zero attached hydrogens (tertiary/aromatic N) is 4. The zero-order valence-corrected chi connectivity index (χ0v) is 15.4. The van der Waals surface area contributed by atoms with E-state index < -0.39 is 0 Å². The number of carbonyl (C=O) groups is 1.